The van der Waals surface area contributed by atoms with E-state index in [1.807, 2.05) is 55.5 Å². The van der Waals surface area contributed by atoms with Gasteiger partial charge in [0, 0.05) is 17.3 Å². The summed E-state index contributed by atoms with van der Waals surface area (Å²) in [6.07, 6.45) is 0. The molecule has 0 atom stereocenters. The highest BCUT2D eigenvalue weighted by Crippen LogP contribution is 2.20. The van der Waals surface area contributed by atoms with Crippen LogP contribution in [-0.4, -0.2) is 13.2 Å². The number of anilines is 1. The Balaban J connectivity index is 1.77. The number of ether oxygens (including phenoxy) is 1. The molecule has 0 bridgehead atoms. The van der Waals surface area contributed by atoms with E-state index in [9.17, 15) is 0 Å². The van der Waals surface area contributed by atoms with Crippen LogP contribution >= 0.6 is 11.6 Å². The highest BCUT2D eigenvalue weighted by Gasteiger charge is 1.98. The van der Waals surface area contributed by atoms with E-state index < -0.39 is 0 Å². The van der Waals surface area contributed by atoms with Gasteiger partial charge in [0.05, 0.1) is 0 Å². The molecule has 0 aliphatic rings. The third kappa shape index (κ3) is 3.67. The molecule has 0 aliphatic carbocycles. The lowest BCUT2D eigenvalue weighted by Gasteiger charge is -2.09. The first-order valence-corrected chi connectivity index (χ1v) is 6.31. The second kappa shape index (κ2) is 6.31. The molecule has 18 heavy (non-hydrogen) atoms. The maximum Gasteiger partial charge on any atom is 0.119 e. The van der Waals surface area contributed by atoms with Crippen molar-refractivity contribution in [3.05, 3.63) is 59.1 Å². The molecule has 2 aromatic rings. The molecular formula is C15H16ClNO. The predicted octanol–water partition coefficient (Wildman–Crippen LogP) is 4.14. The minimum absolute atomic E-state index is 0.621. The van der Waals surface area contributed by atoms with Crippen molar-refractivity contribution in [2.45, 2.75) is 6.92 Å². The zero-order valence-corrected chi connectivity index (χ0v) is 11.1. The Kier molecular flexibility index (Phi) is 4.48. The average Bonchev–Trinajstić information content (AvgIpc) is 2.40. The van der Waals surface area contributed by atoms with Gasteiger partial charge in [-0.05, 0) is 42.8 Å². The minimum atomic E-state index is 0.621. The Hall–Kier alpha value is -1.67. The third-order valence-corrected chi connectivity index (χ3v) is 3.03. The summed E-state index contributed by atoms with van der Waals surface area (Å²) < 4.78 is 5.64. The van der Waals surface area contributed by atoms with Gasteiger partial charge in [-0.1, -0.05) is 29.8 Å². The van der Waals surface area contributed by atoms with Crippen molar-refractivity contribution in [2.75, 3.05) is 18.5 Å². The van der Waals surface area contributed by atoms with Crippen molar-refractivity contribution >= 4 is 17.3 Å². The maximum absolute atomic E-state index is 5.95. The molecule has 0 aliphatic heterocycles. The fourth-order valence-electron chi connectivity index (χ4n) is 1.63. The summed E-state index contributed by atoms with van der Waals surface area (Å²) in [5.74, 6) is 0.853. The van der Waals surface area contributed by atoms with E-state index in [1.165, 1.54) is 0 Å². The Morgan fingerprint density at radius 2 is 1.89 bits per heavy atom. The molecule has 2 nitrogen and oxygen atoms in total. The van der Waals surface area contributed by atoms with E-state index in [0.29, 0.717) is 6.61 Å². The van der Waals surface area contributed by atoms with E-state index in [2.05, 4.69) is 5.32 Å². The average molecular weight is 262 g/mol. The van der Waals surface area contributed by atoms with Gasteiger partial charge in [0.2, 0.25) is 0 Å². The van der Waals surface area contributed by atoms with E-state index >= 15 is 0 Å². The molecule has 0 saturated heterocycles. The van der Waals surface area contributed by atoms with E-state index in [1.54, 1.807) is 0 Å². The molecule has 0 spiro atoms. The van der Waals surface area contributed by atoms with Crippen LogP contribution in [-0.2, 0) is 0 Å². The van der Waals surface area contributed by atoms with Gasteiger partial charge in [-0.3, -0.25) is 0 Å². The second-order valence-electron chi connectivity index (χ2n) is 4.05. The summed E-state index contributed by atoms with van der Waals surface area (Å²) in [5.41, 5.74) is 2.14. The number of hydrogen-bond donors (Lipinski definition) is 1. The summed E-state index contributed by atoms with van der Waals surface area (Å²) in [5, 5.41) is 4.06. The molecule has 2 aromatic carbocycles. The maximum atomic E-state index is 5.95. The van der Waals surface area contributed by atoms with Gasteiger partial charge in [0.15, 0.2) is 0 Å². The van der Waals surface area contributed by atoms with Crippen LogP contribution in [0, 0.1) is 6.92 Å². The summed E-state index contributed by atoms with van der Waals surface area (Å²) in [7, 11) is 0. The largest absolute Gasteiger partial charge is 0.492 e. The number of nitrogens with one attached hydrogen (secondary N) is 1. The fraction of sp³-hybridized carbons (Fsp3) is 0.200. The molecule has 0 saturated carbocycles. The molecular weight excluding hydrogens is 246 g/mol. The van der Waals surface area contributed by atoms with Crippen LogP contribution in [0.3, 0.4) is 0 Å². The number of rotatable bonds is 5. The highest BCUT2D eigenvalue weighted by molar-refractivity contribution is 6.31. The standard InChI is InChI=1S/C15H16ClNO/c1-12-11-14(7-8-15(12)16)18-10-9-17-13-5-3-2-4-6-13/h2-8,11,17H,9-10H2,1H3. The summed E-state index contributed by atoms with van der Waals surface area (Å²) in [4.78, 5) is 0. The van der Waals surface area contributed by atoms with E-state index in [4.69, 9.17) is 16.3 Å². The van der Waals surface area contributed by atoms with E-state index in [0.717, 1.165) is 28.6 Å². The van der Waals surface area contributed by atoms with Crippen molar-refractivity contribution in [1.29, 1.82) is 0 Å². The minimum Gasteiger partial charge on any atom is -0.492 e. The first kappa shape index (κ1) is 12.8. The van der Waals surface area contributed by atoms with Crippen molar-refractivity contribution in [3.8, 4) is 5.75 Å². The second-order valence-corrected chi connectivity index (χ2v) is 4.46. The summed E-state index contributed by atoms with van der Waals surface area (Å²) in [6, 6.07) is 15.8. The lowest BCUT2D eigenvalue weighted by molar-refractivity contribution is 0.332. The fourth-order valence-corrected chi connectivity index (χ4v) is 1.74. The Morgan fingerprint density at radius 1 is 1.11 bits per heavy atom. The first-order valence-electron chi connectivity index (χ1n) is 5.93. The van der Waals surface area contributed by atoms with Crippen molar-refractivity contribution in [1.82, 2.24) is 0 Å². The van der Waals surface area contributed by atoms with Crippen LogP contribution in [0.5, 0.6) is 5.75 Å². The van der Waals surface area contributed by atoms with Crippen LogP contribution in [0.25, 0.3) is 0 Å². The van der Waals surface area contributed by atoms with Crippen LogP contribution in [0.2, 0.25) is 5.02 Å². The predicted molar refractivity (Wildman–Crippen MR) is 76.6 cm³/mol. The number of benzene rings is 2. The van der Waals surface area contributed by atoms with Gasteiger partial charge in [0.25, 0.3) is 0 Å². The molecule has 1 N–H and O–H groups in total. The van der Waals surface area contributed by atoms with Gasteiger partial charge in [0.1, 0.15) is 12.4 Å². The molecule has 0 aromatic heterocycles. The summed E-state index contributed by atoms with van der Waals surface area (Å²) >= 11 is 5.95. The SMILES string of the molecule is Cc1cc(OCCNc2ccccc2)ccc1Cl. The Morgan fingerprint density at radius 3 is 2.61 bits per heavy atom. The molecule has 94 valence electrons. The van der Waals surface area contributed by atoms with Crippen LogP contribution in [0.1, 0.15) is 5.56 Å². The molecule has 0 fully saturated rings. The summed E-state index contributed by atoms with van der Waals surface area (Å²) in [6.45, 7) is 3.36. The Labute approximate surface area is 113 Å². The van der Waals surface area contributed by atoms with Crippen molar-refractivity contribution < 1.29 is 4.74 Å². The molecule has 0 radical (unpaired) electrons. The van der Waals surface area contributed by atoms with Gasteiger partial charge >= 0.3 is 0 Å². The van der Waals surface area contributed by atoms with Crippen LogP contribution in [0.15, 0.2) is 48.5 Å². The smallest absolute Gasteiger partial charge is 0.119 e. The van der Waals surface area contributed by atoms with Crippen molar-refractivity contribution in [2.24, 2.45) is 0 Å². The monoisotopic (exact) mass is 261 g/mol. The topological polar surface area (TPSA) is 21.3 Å². The van der Waals surface area contributed by atoms with Gasteiger partial charge in [-0.15, -0.1) is 0 Å². The number of hydrogen-bond acceptors (Lipinski definition) is 2. The van der Waals surface area contributed by atoms with Crippen molar-refractivity contribution in [3.63, 3.8) is 0 Å². The molecule has 0 heterocycles. The first-order chi connectivity index (χ1) is 8.75. The number of aryl methyl sites for hydroxylation is 1. The van der Waals surface area contributed by atoms with Gasteiger partial charge in [-0.2, -0.15) is 0 Å². The molecule has 3 heteroatoms. The Bertz CT molecular complexity index is 499. The van der Waals surface area contributed by atoms with Crippen LogP contribution < -0.4 is 10.1 Å². The normalized spacial score (nSPS) is 10.1. The molecule has 2 rings (SSSR count). The molecule has 0 unspecified atom stereocenters. The van der Waals surface area contributed by atoms with Gasteiger partial charge in [-0.25, -0.2) is 0 Å². The highest BCUT2D eigenvalue weighted by atomic mass is 35.5. The quantitative estimate of drug-likeness (QED) is 0.817. The number of para-hydroxylation sites is 1. The van der Waals surface area contributed by atoms with Crippen LogP contribution in [0.4, 0.5) is 5.69 Å². The zero-order valence-electron chi connectivity index (χ0n) is 10.3. The lowest BCUT2D eigenvalue weighted by atomic mass is 10.2. The number of halogens is 1. The van der Waals surface area contributed by atoms with E-state index in [-0.39, 0.29) is 0 Å². The lowest BCUT2D eigenvalue weighted by Crippen LogP contribution is -2.11. The van der Waals surface area contributed by atoms with Gasteiger partial charge < -0.3 is 10.1 Å². The molecule has 0 amide bonds. The third-order valence-electron chi connectivity index (χ3n) is 2.60. The zero-order chi connectivity index (χ0) is 12.8.